The maximum Gasteiger partial charge on any atom is 0.435 e. The molecule has 0 spiro atoms. The molecule has 0 bridgehead atoms. The van der Waals surface area contributed by atoms with Crippen LogP contribution in [0.5, 0.6) is 5.88 Å². The van der Waals surface area contributed by atoms with Crippen LogP contribution in [0.1, 0.15) is 21.6 Å². The first-order chi connectivity index (χ1) is 12.6. The summed E-state index contributed by atoms with van der Waals surface area (Å²) >= 11 is 11.9. The predicted molar refractivity (Wildman–Crippen MR) is 90.2 cm³/mol. The molecule has 3 aromatic rings. The maximum absolute atomic E-state index is 13.0. The first kappa shape index (κ1) is 19.2. The van der Waals surface area contributed by atoms with Crippen LogP contribution in [0.25, 0.3) is 5.52 Å². The van der Waals surface area contributed by atoms with Crippen LogP contribution < -0.4 is 9.47 Å². The molecule has 142 valence electrons. The first-order valence-electron chi connectivity index (χ1n) is 7.35. The number of fused-ring (bicyclic) bond motifs is 1. The Balaban J connectivity index is 2.09. The Morgan fingerprint density at radius 2 is 1.93 bits per heavy atom. The molecule has 0 saturated carbocycles. The number of carbonyl (C=O) groups excluding carboxylic acids is 1. The average Bonchev–Trinajstić information content (AvgIpc) is 3.02. The Kier molecular flexibility index (Phi) is 4.92. The molecular formula is C16H10Cl2F3N3O3. The highest BCUT2D eigenvalue weighted by molar-refractivity contribution is 6.36. The van der Waals surface area contributed by atoms with Crippen LogP contribution >= 0.6 is 23.2 Å². The number of halogens is 5. The largest absolute Gasteiger partial charge is 0.619 e. The highest BCUT2D eigenvalue weighted by atomic mass is 35.5. The van der Waals surface area contributed by atoms with Gasteiger partial charge < -0.3 is 9.94 Å². The number of Topliss-reactive ketones (excluding diaryl/α,β-unsaturated/α-hetero) is 1. The molecule has 0 unspecified atom stereocenters. The smallest absolute Gasteiger partial charge is 0.435 e. The second-order valence-electron chi connectivity index (χ2n) is 5.51. The summed E-state index contributed by atoms with van der Waals surface area (Å²) in [6, 6.07) is 3.42. The molecule has 0 saturated heterocycles. The molecule has 0 atom stereocenters. The molecule has 0 radical (unpaired) electrons. The molecule has 0 amide bonds. The Morgan fingerprint density at radius 1 is 1.30 bits per heavy atom. The zero-order valence-corrected chi connectivity index (χ0v) is 15.1. The maximum atomic E-state index is 13.0. The number of rotatable bonds is 4. The van der Waals surface area contributed by atoms with Gasteiger partial charge in [-0.2, -0.15) is 27.5 Å². The summed E-state index contributed by atoms with van der Waals surface area (Å²) in [6.45, 7) is 0. The van der Waals surface area contributed by atoms with E-state index in [4.69, 9.17) is 27.9 Å². The minimum Gasteiger partial charge on any atom is -0.619 e. The van der Waals surface area contributed by atoms with Gasteiger partial charge in [0, 0.05) is 23.6 Å². The van der Waals surface area contributed by atoms with Gasteiger partial charge in [0.25, 0.3) is 0 Å². The van der Waals surface area contributed by atoms with Gasteiger partial charge in [-0.05, 0) is 12.1 Å². The van der Waals surface area contributed by atoms with Crippen LogP contribution in [-0.2, 0) is 12.6 Å². The average molecular weight is 420 g/mol. The minimum atomic E-state index is -4.69. The fourth-order valence-corrected chi connectivity index (χ4v) is 3.11. The van der Waals surface area contributed by atoms with E-state index in [1.54, 1.807) is 0 Å². The Morgan fingerprint density at radius 3 is 2.48 bits per heavy atom. The number of ketones is 1. The molecule has 11 heteroatoms. The van der Waals surface area contributed by atoms with Gasteiger partial charge in [0.05, 0.1) is 12.6 Å². The summed E-state index contributed by atoms with van der Waals surface area (Å²) in [5.74, 6) is -0.524. The third kappa shape index (κ3) is 3.65. The lowest BCUT2D eigenvalue weighted by Crippen LogP contribution is -2.25. The standard InChI is InChI=1S/C16H10Cl2F3N3O3/c1-27-15-3-2-8(12-5-14(16(19,20)21)22-24(12)15)13(25)4-9-10(17)6-23(26)7-11(9)18/h2-3,5-7H,4H2,1H3. The van der Waals surface area contributed by atoms with Crippen molar-refractivity contribution >= 4 is 34.5 Å². The second kappa shape index (κ2) is 6.90. The van der Waals surface area contributed by atoms with Crippen molar-refractivity contribution in [1.29, 1.82) is 0 Å². The SMILES string of the molecule is COc1ccc(C(=O)Cc2c(Cl)c[n+]([O-])cc2Cl)c2cc(C(F)(F)F)nn12. The molecule has 3 heterocycles. The molecule has 3 aromatic heterocycles. The third-order valence-electron chi connectivity index (χ3n) is 3.78. The van der Waals surface area contributed by atoms with E-state index in [0.29, 0.717) is 4.73 Å². The van der Waals surface area contributed by atoms with Crippen LogP contribution in [0.4, 0.5) is 13.2 Å². The van der Waals surface area contributed by atoms with Gasteiger partial charge in [-0.25, -0.2) is 0 Å². The van der Waals surface area contributed by atoms with Crippen molar-refractivity contribution < 1.29 is 27.4 Å². The summed E-state index contributed by atoms with van der Waals surface area (Å²) in [5, 5.41) is 14.7. The highest BCUT2D eigenvalue weighted by Crippen LogP contribution is 2.32. The lowest BCUT2D eigenvalue weighted by Gasteiger charge is -2.09. The number of hydrogen-bond acceptors (Lipinski definition) is 4. The fourth-order valence-electron chi connectivity index (χ4n) is 2.54. The predicted octanol–water partition coefficient (Wildman–Crippen LogP) is 3.73. The first-order valence-corrected chi connectivity index (χ1v) is 8.11. The van der Waals surface area contributed by atoms with E-state index in [2.05, 4.69) is 5.10 Å². The molecule has 6 nitrogen and oxygen atoms in total. The number of nitrogens with zero attached hydrogens (tertiary/aromatic N) is 3. The number of pyridine rings is 2. The zero-order valence-electron chi connectivity index (χ0n) is 13.6. The van der Waals surface area contributed by atoms with E-state index in [1.807, 2.05) is 0 Å². The quantitative estimate of drug-likeness (QED) is 0.367. The number of carbonyl (C=O) groups is 1. The van der Waals surface area contributed by atoms with Crippen molar-refractivity contribution in [1.82, 2.24) is 9.61 Å². The molecule has 0 aliphatic carbocycles. The summed E-state index contributed by atoms with van der Waals surface area (Å²) in [7, 11) is 1.27. The monoisotopic (exact) mass is 419 g/mol. The summed E-state index contributed by atoms with van der Waals surface area (Å²) in [5.41, 5.74) is -1.07. The van der Waals surface area contributed by atoms with Gasteiger partial charge >= 0.3 is 6.18 Å². The molecule has 0 aliphatic heterocycles. The van der Waals surface area contributed by atoms with Crippen molar-refractivity contribution in [3.05, 3.63) is 62.7 Å². The summed E-state index contributed by atoms with van der Waals surface area (Å²) in [4.78, 5) is 12.7. The van der Waals surface area contributed by atoms with Crippen LogP contribution in [0.15, 0.2) is 30.6 Å². The molecule has 0 aromatic carbocycles. The molecular weight excluding hydrogens is 410 g/mol. The summed E-state index contributed by atoms with van der Waals surface area (Å²) in [6.07, 6.45) is -2.95. The lowest BCUT2D eigenvalue weighted by atomic mass is 10.0. The van der Waals surface area contributed by atoms with Gasteiger partial charge in [0.15, 0.2) is 23.9 Å². The van der Waals surface area contributed by atoms with E-state index in [-0.39, 0.29) is 39.0 Å². The number of ether oxygens (including phenoxy) is 1. The molecule has 0 aliphatic rings. The van der Waals surface area contributed by atoms with Crippen molar-refractivity contribution in [2.24, 2.45) is 0 Å². The van der Waals surface area contributed by atoms with Gasteiger partial charge in [0.1, 0.15) is 10.0 Å². The van der Waals surface area contributed by atoms with E-state index >= 15 is 0 Å². The van der Waals surface area contributed by atoms with E-state index < -0.39 is 17.7 Å². The summed E-state index contributed by atoms with van der Waals surface area (Å²) < 4.78 is 45.3. The molecule has 27 heavy (non-hydrogen) atoms. The van der Waals surface area contributed by atoms with Crippen LogP contribution in [0.3, 0.4) is 0 Å². The number of hydrogen-bond donors (Lipinski definition) is 0. The van der Waals surface area contributed by atoms with Crippen LogP contribution in [0, 0.1) is 5.21 Å². The van der Waals surface area contributed by atoms with Gasteiger partial charge in [-0.1, -0.05) is 23.2 Å². The van der Waals surface area contributed by atoms with E-state index in [0.717, 1.165) is 23.0 Å². The number of aromatic nitrogens is 3. The fraction of sp³-hybridized carbons (Fsp3) is 0.188. The minimum absolute atomic E-state index is 0.0233. The van der Waals surface area contributed by atoms with Crippen LogP contribution in [0.2, 0.25) is 10.0 Å². The lowest BCUT2D eigenvalue weighted by molar-refractivity contribution is -0.605. The van der Waals surface area contributed by atoms with Crippen molar-refractivity contribution in [2.75, 3.05) is 7.11 Å². The second-order valence-corrected chi connectivity index (χ2v) is 6.32. The Labute approximate surface area is 160 Å². The van der Waals surface area contributed by atoms with Gasteiger partial charge in [0.2, 0.25) is 5.88 Å². The zero-order chi connectivity index (χ0) is 19.9. The van der Waals surface area contributed by atoms with E-state index in [9.17, 15) is 23.2 Å². The number of alkyl halides is 3. The Hall–Kier alpha value is -2.52. The topological polar surface area (TPSA) is 70.5 Å². The van der Waals surface area contributed by atoms with Gasteiger partial charge in [-0.3, -0.25) is 4.79 Å². The van der Waals surface area contributed by atoms with Gasteiger partial charge in [-0.15, -0.1) is 0 Å². The van der Waals surface area contributed by atoms with Crippen molar-refractivity contribution in [3.63, 3.8) is 0 Å². The third-order valence-corrected chi connectivity index (χ3v) is 4.43. The van der Waals surface area contributed by atoms with Crippen molar-refractivity contribution in [2.45, 2.75) is 12.6 Å². The molecule has 3 rings (SSSR count). The van der Waals surface area contributed by atoms with E-state index in [1.165, 1.54) is 19.2 Å². The normalized spacial score (nSPS) is 11.8. The highest BCUT2D eigenvalue weighted by Gasteiger charge is 2.35. The number of methoxy groups -OCH3 is 1. The molecule has 0 N–H and O–H groups in total. The Bertz CT molecular complexity index is 1030. The molecule has 0 fully saturated rings. The van der Waals surface area contributed by atoms with Crippen LogP contribution in [-0.4, -0.2) is 22.5 Å². The van der Waals surface area contributed by atoms with Crippen molar-refractivity contribution in [3.8, 4) is 5.88 Å².